The first-order valence-electron chi connectivity index (χ1n) is 7.89. The average Bonchev–Trinajstić information content (AvgIpc) is 3.09. The molecule has 0 amide bonds. The van der Waals surface area contributed by atoms with Crippen molar-refractivity contribution < 1.29 is 0 Å². The molecule has 0 radical (unpaired) electrons. The van der Waals surface area contributed by atoms with Gasteiger partial charge in [0.15, 0.2) is 0 Å². The predicted octanol–water partition coefficient (Wildman–Crippen LogP) is 2.39. The zero-order valence-corrected chi connectivity index (χ0v) is 15.0. The summed E-state index contributed by atoms with van der Waals surface area (Å²) >= 11 is 12.7. The molecule has 0 aliphatic carbocycles. The second kappa shape index (κ2) is 6.33. The summed E-state index contributed by atoms with van der Waals surface area (Å²) in [7, 11) is 0. The van der Waals surface area contributed by atoms with Crippen molar-refractivity contribution in [1.29, 1.82) is 0 Å². The fraction of sp³-hybridized carbons (Fsp3) is 0.312. The monoisotopic (exact) mass is 378 g/mol. The van der Waals surface area contributed by atoms with E-state index in [4.69, 9.17) is 23.2 Å². The van der Waals surface area contributed by atoms with E-state index in [1.807, 2.05) is 31.2 Å². The van der Waals surface area contributed by atoms with Gasteiger partial charge in [-0.3, -0.25) is 9.47 Å². The largest absolute Gasteiger partial charge is 0.343 e. The van der Waals surface area contributed by atoms with E-state index in [2.05, 4.69) is 20.2 Å². The van der Waals surface area contributed by atoms with Gasteiger partial charge in [0, 0.05) is 30.2 Å². The van der Waals surface area contributed by atoms with Crippen LogP contribution in [0.15, 0.2) is 29.1 Å². The molecule has 1 N–H and O–H groups in total. The fourth-order valence-electron chi connectivity index (χ4n) is 3.07. The Labute approximate surface area is 153 Å². The van der Waals surface area contributed by atoms with Crippen LogP contribution in [0.5, 0.6) is 0 Å². The van der Waals surface area contributed by atoms with E-state index in [0.717, 1.165) is 29.3 Å². The van der Waals surface area contributed by atoms with Crippen LogP contribution in [0.2, 0.25) is 10.2 Å². The quantitative estimate of drug-likeness (QED) is 0.759. The summed E-state index contributed by atoms with van der Waals surface area (Å²) in [5.41, 5.74) is 2.51. The molecule has 7 nitrogen and oxygen atoms in total. The van der Waals surface area contributed by atoms with E-state index in [0.29, 0.717) is 29.8 Å². The molecule has 2 aromatic heterocycles. The number of nitrogens with zero attached hydrogens (tertiary/aromatic N) is 5. The molecule has 0 fully saturated rings. The van der Waals surface area contributed by atoms with Gasteiger partial charge in [0.25, 0.3) is 0 Å². The number of aromatic amines is 1. The highest BCUT2D eigenvalue weighted by Gasteiger charge is 2.23. The van der Waals surface area contributed by atoms with E-state index >= 15 is 0 Å². The maximum absolute atomic E-state index is 11.6. The molecule has 1 aliphatic heterocycles. The number of halogens is 2. The first-order valence-corrected chi connectivity index (χ1v) is 8.65. The zero-order valence-electron chi connectivity index (χ0n) is 13.5. The maximum atomic E-state index is 11.6. The van der Waals surface area contributed by atoms with Gasteiger partial charge in [-0.05, 0) is 25.1 Å². The molecule has 0 saturated carbocycles. The molecule has 3 aromatic rings. The minimum absolute atomic E-state index is 0.155. The summed E-state index contributed by atoms with van der Waals surface area (Å²) < 4.78 is 3.37. The fourth-order valence-corrected chi connectivity index (χ4v) is 3.59. The van der Waals surface area contributed by atoms with Crippen LogP contribution in [0.4, 0.5) is 0 Å². The van der Waals surface area contributed by atoms with Crippen molar-refractivity contribution in [1.82, 2.24) is 29.4 Å². The van der Waals surface area contributed by atoms with Gasteiger partial charge in [-0.15, -0.1) is 0 Å². The number of nitrogens with one attached hydrogen (secondary N) is 1. The van der Waals surface area contributed by atoms with Crippen molar-refractivity contribution in [3.8, 4) is 5.69 Å². The highest BCUT2D eigenvalue weighted by atomic mass is 35.5. The summed E-state index contributed by atoms with van der Waals surface area (Å²) in [5.74, 6) is 0.743. The summed E-state index contributed by atoms with van der Waals surface area (Å²) in [6, 6.07) is 7.42. The molecule has 0 bridgehead atoms. The number of fused-ring (bicyclic) bond motifs is 1. The summed E-state index contributed by atoms with van der Waals surface area (Å²) in [4.78, 5) is 13.8. The number of hydrogen-bond acceptors (Lipinski definition) is 4. The number of rotatable bonds is 3. The van der Waals surface area contributed by atoms with Crippen LogP contribution >= 0.6 is 23.2 Å². The van der Waals surface area contributed by atoms with E-state index in [-0.39, 0.29) is 5.69 Å². The van der Waals surface area contributed by atoms with Crippen LogP contribution < -0.4 is 5.69 Å². The number of H-pyrrole nitrogens is 1. The van der Waals surface area contributed by atoms with E-state index in [1.54, 1.807) is 9.25 Å². The van der Waals surface area contributed by atoms with Gasteiger partial charge >= 0.3 is 5.69 Å². The van der Waals surface area contributed by atoms with Crippen LogP contribution in [0, 0.1) is 6.92 Å². The van der Waals surface area contributed by atoms with Crippen LogP contribution in [0.3, 0.4) is 0 Å². The number of aromatic nitrogens is 5. The predicted molar refractivity (Wildman–Crippen MR) is 95.3 cm³/mol. The highest BCUT2D eigenvalue weighted by Crippen LogP contribution is 2.26. The van der Waals surface area contributed by atoms with Crippen LogP contribution in [-0.4, -0.2) is 36.0 Å². The molecule has 9 heteroatoms. The van der Waals surface area contributed by atoms with Crippen LogP contribution in [0.1, 0.15) is 17.1 Å². The van der Waals surface area contributed by atoms with Crippen molar-refractivity contribution in [2.24, 2.45) is 0 Å². The molecule has 130 valence electrons. The molecule has 0 unspecified atom stereocenters. The van der Waals surface area contributed by atoms with Crippen LogP contribution in [0.25, 0.3) is 5.69 Å². The molecule has 0 saturated heterocycles. The molecule has 0 spiro atoms. The second-order valence-corrected chi connectivity index (χ2v) is 6.85. The van der Waals surface area contributed by atoms with E-state index in [1.165, 1.54) is 0 Å². The van der Waals surface area contributed by atoms with Gasteiger partial charge in [-0.2, -0.15) is 10.2 Å². The average molecular weight is 379 g/mol. The number of hydrogen-bond donors (Lipinski definition) is 1. The Hall–Kier alpha value is -2.09. The minimum atomic E-state index is -0.155. The SMILES string of the molecule is Cc1nn(-c2cccc(Cl)c2)c(Cl)c1CN1CCn2c(n[nH]c2=O)C1. The van der Waals surface area contributed by atoms with E-state index in [9.17, 15) is 4.79 Å². The van der Waals surface area contributed by atoms with Gasteiger partial charge < -0.3 is 0 Å². The zero-order chi connectivity index (χ0) is 17.6. The Morgan fingerprint density at radius 1 is 1.28 bits per heavy atom. The van der Waals surface area contributed by atoms with Crippen molar-refractivity contribution in [2.75, 3.05) is 6.54 Å². The number of benzene rings is 1. The molecule has 1 aromatic carbocycles. The minimum Gasteiger partial charge on any atom is -0.290 e. The standard InChI is InChI=1S/C16H16Cl2N6O/c1-10-13(8-22-5-6-23-14(9-22)19-20-16(23)25)15(18)24(21-10)12-4-2-3-11(17)7-12/h2-4,7H,5-6,8-9H2,1H3,(H,20,25). The summed E-state index contributed by atoms with van der Waals surface area (Å²) in [6.45, 7) is 4.55. The Morgan fingerprint density at radius 2 is 2.12 bits per heavy atom. The number of aryl methyl sites for hydroxylation is 1. The third-order valence-corrected chi connectivity index (χ3v) is 5.02. The van der Waals surface area contributed by atoms with Crippen LogP contribution in [-0.2, 0) is 19.6 Å². The smallest absolute Gasteiger partial charge is 0.290 e. The lowest BCUT2D eigenvalue weighted by Gasteiger charge is -2.26. The first-order chi connectivity index (χ1) is 12.0. The highest BCUT2D eigenvalue weighted by molar-refractivity contribution is 6.31. The maximum Gasteiger partial charge on any atom is 0.343 e. The van der Waals surface area contributed by atoms with Crippen molar-refractivity contribution >= 4 is 23.2 Å². The van der Waals surface area contributed by atoms with Gasteiger partial charge in [-0.1, -0.05) is 29.3 Å². The topological polar surface area (TPSA) is 71.7 Å². The van der Waals surface area contributed by atoms with Crippen molar-refractivity contribution in [2.45, 2.75) is 26.6 Å². The lowest BCUT2D eigenvalue weighted by Crippen LogP contribution is -2.36. The first kappa shape index (κ1) is 16.4. The molecule has 4 rings (SSSR count). The Bertz CT molecular complexity index is 989. The third kappa shape index (κ3) is 2.99. The normalized spacial score (nSPS) is 14.7. The molecule has 25 heavy (non-hydrogen) atoms. The van der Waals surface area contributed by atoms with Gasteiger partial charge in [-0.25, -0.2) is 14.6 Å². The van der Waals surface area contributed by atoms with Crippen molar-refractivity contribution in [3.63, 3.8) is 0 Å². The summed E-state index contributed by atoms with van der Waals surface area (Å²) in [5, 5.41) is 12.3. The lowest BCUT2D eigenvalue weighted by atomic mass is 10.2. The summed E-state index contributed by atoms with van der Waals surface area (Å²) in [6.07, 6.45) is 0. The van der Waals surface area contributed by atoms with E-state index < -0.39 is 0 Å². The Kier molecular flexibility index (Phi) is 4.15. The molecular weight excluding hydrogens is 363 g/mol. The Morgan fingerprint density at radius 3 is 2.92 bits per heavy atom. The molecule has 3 heterocycles. The lowest BCUT2D eigenvalue weighted by molar-refractivity contribution is 0.207. The second-order valence-electron chi connectivity index (χ2n) is 6.05. The van der Waals surface area contributed by atoms with Crippen molar-refractivity contribution in [3.05, 3.63) is 62.0 Å². The van der Waals surface area contributed by atoms with Gasteiger partial charge in [0.1, 0.15) is 11.0 Å². The van der Waals surface area contributed by atoms with Gasteiger partial charge in [0.2, 0.25) is 0 Å². The Balaban J connectivity index is 1.61. The molecule has 0 atom stereocenters. The third-order valence-electron chi connectivity index (χ3n) is 4.40. The molecular formula is C16H16Cl2N6O. The molecule has 1 aliphatic rings. The van der Waals surface area contributed by atoms with Gasteiger partial charge in [0.05, 0.1) is 17.9 Å².